The molecule has 3 aromatic rings. The van der Waals surface area contributed by atoms with Gasteiger partial charge < -0.3 is 10.6 Å². The van der Waals surface area contributed by atoms with Gasteiger partial charge in [-0.15, -0.1) is 0 Å². The highest BCUT2D eigenvalue weighted by atomic mass is 35.5. The van der Waals surface area contributed by atoms with Crippen molar-refractivity contribution in [1.29, 1.82) is 0 Å². The average molecular weight is 649 g/mol. The maximum absolute atomic E-state index is 13.8. The summed E-state index contributed by atoms with van der Waals surface area (Å²) in [6, 6.07) is 20.5. The van der Waals surface area contributed by atoms with Crippen LogP contribution >= 0.6 is 11.6 Å². The van der Waals surface area contributed by atoms with Gasteiger partial charge in [0.1, 0.15) is 0 Å². The van der Waals surface area contributed by atoms with Crippen LogP contribution in [0.1, 0.15) is 79.6 Å². The van der Waals surface area contributed by atoms with Crippen LogP contribution in [0.3, 0.4) is 0 Å². The van der Waals surface area contributed by atoms with Gasteiger partial charge in [0.2, 0.25) is 5.91 Å². The van der Waals surface area contributed by atoms with Gasteiger partial charge in [0.15, 0.2) is 0 Å². The molecule has 0 fully saturated rings. The highest BCUT2D eigenvalue weighted by molar-refractivity contribution is 7.85. The largest absolute Gasteiger partial charge is 0.351 e. The Morgan fingerprint density at radius 2 is 1.67 bits per heavy atom. The second-order valence-electron chi connectivity index (χ2n) is 13.2. The van der Waals surface area contributed by atoms with Crippen molar-refractivity contribution >= 4 is 44.8 Å². The SMILES string of the molecule is CC1(C)C=CC(c2ccc(NC(=O)C(Cc3ccc(C(=O)NCCS(=O)(=O)O)cc3)c3ccc(C(C)(C)C)cc3)cc2Cl)=CC1. The number of anilines is 1. The molecule has 9 heteroatoms. The standard InChI is InChI=1S/C36H41ClN2O5S/c1-35(2,3)28-12-10-25(11-13-28)31(22-24-6-8-27(9-7-24)33(40)38-20-21-45(42,43)44)34(41)39-29-14-15-30(32(37)23-29)26-16-18-36(4,5)19-17-26/h6-18,23,31H,19-22H2,1-5H3,(H,38,40)(H,39,41)(H,42,43,44). The number of rotatable bonds is 10. The zero-order valence-corrected chi connectivity index (χ0v) is 27.9. The van der Waals surface area contributed by atoms with E-state index >= 15 is 0 Å². The minimum Gasteiger partial charge on any atom is -0.351 e. The number of allylic oxidation sites excluding steroid dienone is 4. The lowest BCUT2D eigenvalue weighted by molar-refractivity contribution is -0.117. The summed E-state index contributed by atoms with van der Waals surface area (Å²) in [5, 5.41) is 6.09. The fraction of sp³-hybridized carbons (Fsp3) is 0.333. The summed E-state index contributed by atoms with van der Waals surface area (Å²) in [5.41, 5.74) is 5.85. The van der Waals surface area contributed by atoms with Crippen LogP contribution in [-0.2, 0) is 26.7 Å². The molecule has 0 saturated carbocycles. The van der Waals surface area contributed by atoms with Gasteiger partial charge in [0, 0.05) is 23.4 Å². The molecule has 1 aliphatic carbocycles. The number of carbonyl (C=O) groups is 2. The lowest BCUT2D eigenvalue weighted by atomic mass is 9.83. The zero-order valence-electron chi connectivity index (χ0n) is 26.4. The molecular weight excluding hydrogens is 608 g/mol. The maximum Gasteiger partial charge on any atom is 0.266 e. The zero-order chi connectivity index (χ0) is 33.0. The summed E-state index contributed by atoms with van der Waals surface area (Å²) >= 11 is 6.70. The van der Waals surface area contributed by atoms with Crippen molar-refractivity contribution in [3.8, 4) is 0 Å². The van der Waals surface area contributed by atoms with Crippen LogP contribution in [0.4, 0.5) is 5.69 Å². The molecule has 1 aliphatic rings. The van der Waals surface area contributed by atoms with Crippen LogP contribution in [0.5, 0.6) is 0 Å². The van der Waals surface area contributed by atoms with Gasteiger partial charge in [-0.25, -0.2) is 0 Å². The van der Waals surface area contributed by atoms with Crippen molar-refractivity contribution in [1.82, 2.24) is 5.32 Å². The summed E-state index contributed by atoms with van der Waals surface area (Å²) < 4.78 is 30.7. The van der Waals surface area contributed by atoms with Crippen LogP contribution in [0.2, 0.25) is 5.02 Å². The van der Waals surface area contributed by atoms with E-state index in [2.05, 4.69) is 63.5 Å². The molecule has 3 N–H and O–H groups in total. The third kappa shape index (κ3) is 9.63. The first-order chi connectivity index (χ1) is 21.0. The molecule has 0 heterocycles. The molecule has 0 radical (unpaired) electrons. The molecule has 0 aromatic heterocycles. The molecule has 2 amide bonds. The van der Waals surface area contributed by atoms with Crippen molar-refractivity contribution in [2.24, 2.45) is 5.41 Å². The third-order valence-corrected chi connectivity index (χ3v) is 8.94. The van der Waals surface area contributed by atoms with Crippen LogP contribution in [0.25, 0.3) is 5.57 Å². The predicted octanol–water partition coefficient (Wildman–Crippen LogP) is 7.59. The van der Waals surface area contributed by atoms with Gasteiger partial charge in [-0.2, -0.15) is 8.42 Å². The second-order valence-corrected chi connectivity index (χ2v) is 15.2. The Bertz CT molecular complexity index is 1720. The Hall–Kier alpha value is -3.72. The van der Waals surface area contributed by atoms with Crippen LogP contribution < -0.4 is 10.6 Å². The summed E-state index contributed by atoms with van der Waals surface area (Å²) in [6.07, 6.45) is 7.76. The second kappa shape index (κ2) is 13.7. The van der Waals surface area contributed by atoms with Crippen molar-refractivity contribution in [3.05, 3.63) is 118 Å². The van der Waals surface area contributed by atoms with E-state index in [4.69, 9.17) is 16.2 Å². The molecule has 45 heavy (non-hydrogen) atoms. The van der Waals surface area contributed by atoms with E-state index in [1.54, 1.807) is 30.3 Å². The fourth-order valence-electron chi connectivity index (χ4n) is 5.08. The lowest BCUT2D eigenvalue weighted by Crippen LogP contribution is -2.28. The quantitative estimate of drug-likeness (QED) is 0.196. The summed E-state index contributed by atoms with van der Waals surface area (Å²) in [7, 11) is -4.17. The Kier molecular flexibility index (Phi) is 10.4. The Balaban J connectivity index is 1.54. The first-order valence-electron chi connectivity index (χ1n) is 14.9. The fourth-order valence-corrected chi connectivity index (χ4v) is 5.73. The molecule has 4 rings (SSSR count). The third-order valence-electron chi connectivity index (χ3n) is 7.91. The Morgan fingerprint density at radius 1 is 1.00 bits per heavy atom. The molecule has 0 aliphatic heterocycles. The van der Waals surface area contributed by atoms with Crippen molar-refractivity contribution < 1.29 is 22.6 Å². The van der Waals surface area contributed by atoms with E-state index in [1.807, 2.05) is 36.4 Å². The van der Waals surface area contributed by atoms with Gasteiger partial charge >= 0.3 is 0 Å². The first-order valence-corrected chi connectivity index (χ1v) is 16.9. The average Bonchev–Trinajstić information content (AvgIpc) is 2.95. The Labute approximate surface area is 271 Å². The van der Waals surface area contributed by atoms with Gasteiger partial charge in [-0.1, -0.05) is 107 Å². The topological polar surface area (TPSA) is 113 Å². The molecule has 0 bridgehead atoms. The normalized spacial score (nSPS) is 15.2. The van der Waals surface area contributed by atoms with Gasteiger partial charge in [0.25, 0.3) is 16.0 Å². The number of nitrogens with one attached hydrogen (secondary N) is 2. The molecule has 1 atom stereocenters. The van der Waals surface area contributed by atoms with Crippen LogP contribution in [-0.4, -0.2) is 37.1 Å². The molecule has 7 nitrogen and oxygen atoms in total. The number of halogens is 1. The monoisotopic (exact) mass is 648 g/mol. The molecule has 0 spiro atoms. The van der Waals surface area contributed by atoms with Gasteiger partial charge in [-0.3, -0.25) is 14.1 Å². The van der Waals surface area contributed by atoms with E-state index in [-0.39, 0.29) is 23.3 Å². The number of carbonyl (C=O) groups excluding carboxylic acids is 2. The predicted molar refractivity (Wildman–Crippen MR) is 182 cm³/mol. The smallest absolute Gasteiger partial charge is 0.266 e. The molecule has 1 unspecified atom stereocenters. The van der Waals surface area contributed by atoms with Gasteiger partial charge in [0.05, 0.1) is 16.7 Å². The number of benzene rings is 3. The molecule has 0 saturated heterocycles. The van der Waals surface area contributed by atoms with Crippen molar-refractivity contribution in [2.45, 2.75) is 58.8 Å². The minimum atomic E-state index is -4.17. The van der Waals surface area contributed by atoms with E-state index in [1.165, 1.54) is 0 Å². The number of hydrogen-bond acceptors (Lipinski definition) is 4. The Morgan fingerprint density at radius 3 is 2.22 bits per heavy atom. The first kappa shape index (κ1) is 34.2. The minimum absolute atomic E-state index is 0.0364. The summed E-state index contributed by atoms with van der Waals surface area (Å²) in [4.78, 5) is 26.3. The van der Waals surface area contributed by atoms with Gasteiger partial charge in [-0.05, 0) is 70.2 Å². The van der Waals surface area contributed by atoms with E-state index in [0.717, 1.165) is 34.2 Å². The molecule has 3 aromatic carbocycles. The van der Waals surface area contributed by atoms with E-state index in [0.29, 0.717) is 22.7 Å². The van der Waals surface area contributed by atoms with E-state index < -0.39 is 27.7 Å². The highest BCUT2D eigenvalue weighted by Gasteiger charge is 2.24. The van der Waals surface area contributed by atoms with E-state index in [9.17, 15) is 18.0 Å². The maximum atomic E-state index is 13.8. The van der Waals surface area contributed by atoms with Crippen molar-refractivity contribution in [2.75, 3.05) is 17.6 Å². The summed E-state index contributed by atoms with van der Waals surface area (Å²) in [6.45, 7) is 10.6. The van der Waals surface area contributed by atoms with Crippen molar-refractivity contribution in [3.63, 3.8) is 0 Å². The highest BCUT2D eigenvalue weighted by Crippen LogP contribution is 2.36. The number of amides is 2. The lowest BCUT2D eigenvalue weighted by Gasteiger charge is -2.23. The molecule has 238 valence electrons. The molecular formula is C36H41ClN2O5S. The van der Waals surface area contributed by atoms with Crippen LogP contribution in [0, 0.1) is 5.41 Å². The summed E-state index contributed by atoms with van der Waals surface area (Å²) in [5.74, 6) is -1.74. The number of hydrogen-bond donors (Lipinski definition) is 3. The van der Waals surface area contributed by atoms with Crippen LogP contribution in [0.15, 0.2) is 85.0 Å².